The molecule has 0 aliphatic heterocycles. The minimum absolute atomic E-state index is 0.0483. The predicted molar refractivity (Wildman–Crippen MR) is 98.4 cm³/mol. The predicted octanol–water partition coefficient (Wildman–Crippen LogP) is 4.82. The first-order chi connectivity index (χ1) is 11.7. The first-order valence-corrected chi connectivity index (χ1v) is 8.84. The Kier molecular flexibility index (Phi) is 5.56. The van der Waals surface area contributed by atoms with Crippen LogP contribution in [0.3, 0.4) is 0 Å². The number of rotatable bonds is 6. The van der Waals surface area contributed by atoms with Gasteiger partial charge in [0.1, 0.15) is 0 Å². The molecular formula is C18H16ClN3OS. The Labute approximate surface area is 149 Å². The Hall–Kier alpha value is -2.24. The van der Waals surface area contributed by atoms with Crippen molar-refractivity contribution in [2.45, 2.75) is 19.3 Å². The second-order valence-electron chi connectivity index (χ2n) is 5.28. The van der Waals surface area contributed by atoms with E-state index in [4.69, 9.17) is 11.6 Å². The van der Waals surface area contributed by atoms with Crippen LogP contribution < -0.4 is 5.32 Å². The van der Waals surface area contributed by atoms with Gasteiger partial charge in [0.2, 0.25) is 11.0 Å². The zero-order valence-electron chi connectivity index (χ0n) is 12.9. The lowest BCUT2D eigenvalue weighted by molar-refractivity contribution is -0.116. The van der Waals surface area contributed by atoms with E-state index < -0.39 is 0 Å². The highest BCUT2D eigenvalue weighted by Crippen LogP contribution is 2.31. The SMILES string of the molecule is O=C(CCCc1ccccc1)Nc1nnc(-c2ccccc2Cl)s1. The van der Waals surface area contributed by atoms with Crippen molar-refractivity contribution in [2.24, 2.45) is 0 Å². The molecule has 1 aromatic heterocycles. The van der Waals surface area contributed by atoms with Gasteiger partial charge in [-0.1, -0.05) is 71.5 Å². The maximum absolute atomic E-state index is 12.0. The third-order valence-corrected chi connectivity index (χ3v) is 4.69. The lowest BCUT2D eigenvalue weighted by Gasteiger charge is -2.02. The fourth-order valence-electron chi connectivity index (χ4n) is 2.30. The topological polar surface area (TPSA) is 54.9 Å². The van der Waals surface area contributed by atoms with Crippen LogP contribution in [0.15, 0.2) is 54.6 Å². The molecule has 0 aliphatic carbocycles. The Balaban J connectivity index is 1.53. The van der Waals surface area contributed by atoms with Crippen molar-refractivity contribution < 1.29 is 4.79 Å². The van der Waals surface area contributed by atoms with Crippen LogP contribution in [0.4, 0.5) is 5.13 Å². The molecule has 1 N–H and O–H groups in total. The molecule has 1 amide bonds. The fraction of sp³-hybridized carbons (Fsp3) is 0.167. The normalized spacial score (nSPS) is 10.5. The lowest BCUT2D eigenvalue weighted by Crippen LogP contribution is -2.11. The van der Waals surface area contributed by atoms with Gasteiger partial charge >= 0.3 is 0 Å². The van der Waals surface area contributed by atoms with Crippen molar-refractivity contribution >= 4 is 34.0 Å². The van der Waals surface area contributed by atoms with Gasteiger partial charge in [-0.3, -0.25) is 4.79 Å². The molecule has 4 nitrogen and oxygen atoms in total. The van der Waals surface area contributed by atoms with E-state index in [0.717, 1.165) is 18.4 Å². The van der Waals surface area contributed by atoms with Crippen LogP contribution in [-0.2, 0) is 11.2 Å². The molecule has 0 saturated heterocycles. The standard InChI is InChI=1S/C18H16ClN3OS/c19-15-11-5-4-10-14(15)17-21-22-18(24-17)20-16(23)12-6-9-13-7-2-1-3-8-13/h1-5,7-8,10-11H,6,9,12H2,(H,20,22,23). The Morgan fingerprint density at radius 3 is 2.58 bits per heavy atom. The van der Waals surface area contributed by atoms with Gasteiger partial charge in [0.25, 0.3) is 0 Å². The van der Waals surface area contributed by atoms with Crippen LogP contribution in [0, 0.1) is 0 Å². The van der Waals surface area contributed by atoms with Gasteiger partial charge < -0.3 is 5.32 Å². The smallest absolute Gasteiger partial charge is 0.226 e. The van der Waals surface area contributed by atoms with Crippen LogP contribution in [0.5, 0.6) is 0 Å². The molecule has 3 rings (SSSR count). The summed E-state index contributed by atoms with van der Waals surface area (Å²) in [6, 6.07) is 17.6. The second-order valence-corrected chi connectivity index (χ2v) is 6.66. The highest BCUT2D eigenvalue weighted by Gasteiger charge is 2.11. The van der Waals surface area contributed by atoms with E-state index in [1.54, 1.807) is 6.07 Å². The largest absolute Gasteiger partial charge is 0.301 e. The number of aromatic nitrogens is 2. The minimum atomic E-state index is -0.0483. The molecule has 0 bridgehead atoms. The van der Waals surface area contributed by atoms with Crippen molar-refractivity contribution in [3.8, 4) is 10.6 Å². The summed E-state index contributed by atoms with van der Waals surface area (Å²) in [5.74, 6) is -0.0483. The van der Waals surface area contributed by atoms with Gasteiger partial charge in [-0.2, -0.15) is 0 Å². The summed E-state index contributed by atoms with van der Waals surface area (Å²) in [6.45, 7) is 0. The molecular weight excluding hydrogens is 342 g/mol. The molecule has 3 aromatic rings. The van der Waals surface area contributed by atoms with Gasteiger partial charge in [0.05, 0.1) is 5.02 Å². The number of nitrogens with one attached hydrogen (secondary N) is 1. The summed E-state index contributed by atoms with van der Waals surface area (Å²) >= 11 is 7.47. The van der Waals surface area contributed by atoms with Crippen LogP contribution in [-0.4, -0.2) is 16.1 Å². The molecule has 0 spiro atoms. The van der Waals surface area contributed by atoms with Crippen molar-refractivity contribution in [3.63, 3.8) is 0 Å². The maximum atomic E-state index is 12.0. The molecule has 1 heterocycles. The molecule has 2 aromatic carbocycles. The van der Waals surface area contributed by atoms with E-state index in [9.17, 15) is 4.79 Å². The first kappa shape index (κ1) is 16.6. The molecule has 6 heteroatoms. The number of amides is 1. The zero-order valence-corrected chi connectivity index (χ0v) is 14.5. The highest BCUT2D eigenvalue weighted by molar-refractivity contribution is 7.18. The Morgan fingerprint density at radius 1 is 1.04 bits per heavy atom. The average molecular weight is 358 g/mol. The second kappa shape index (κ2) is 8.04. The number of aryl methyl sites for hydroxylation is 1. The number of benzene rings is 2. The van der Waals surface area contributed by atoms with Crippen LogP contribution >= 0.6 is 22.9 Å². The van der Waals surface area contributed by atoms with E-state index in [0.29, 0.717) is 21.6 Å². The number of carbonyl (C=O) groups is 1. The van der Waals surface area contributed by atoms with Crippen LogP contribution in [0.25, 0.3) is 10.6 Å². The van der Waals surface area contributed by atoms with Gasteiger partial charge in [0.15, 0.2) is 5.01 Å². The summed E-state index contributed by atoms with van der Waals surface area (Å²) < 4.78 is 0. The summed E-state index contributed by atoms with van der Waals surface area (Å²) in [5.41, 5.74) is 2.06. The summed E-state index contributed by atoms with van der Waals surface area (Å²) in [5, 5.41) is 12.7. The van der Waals surface area contributed by atoms with E-state index in [1.807, 2.05) is 36.4 Å². The third-order valence-electron chi connectivity index (χ3n) is 3.49. The Bertz CT molecular complexity index is 820. The number of anilines is 1. The fourth-order valence-corrected chi connectivity index (χ4v) is 3.38. The Morgan fingerprint density at radius 2 is 1.79 bits per heavy atom. The average Bonchev–Trinajstić information content (AvgIpc) is 3.04. The maximum Gasteiger partial charge on any atom is 0.226 e. The van der Waals surface area contributed by atoms with E-state index >= 15 is 0 Å². The minimum Gasteiger partial charge on any atom is -0.301 e. The summed E-state index contributed by atoms with van der Waals surface area (Å²) in [7, 11) is 0. The molecule has 122 valence electrons. The third kappa shape index (κ3) is 4.40. The van der Waals surface area contributed by atoms with E-state index in [2.05, 4.69) is 27.6 Å². The summed E-state index contributed by atoms with van der Waals surface area (Å²) in [4.78, 5) is 12.0. The molecule has 0 saturated carbocycles. The number of hydrogen-bond acceptors (Lipinski definition) is 4. The first-order valence-electron chi connectivity index (χ1n) is 7.64. The molecule has 0 radical (unpaired) electrons. The van der Waals surface area contributed by atoms with Gasteiger partial charge in [-0.25, -0.2) is 0 Å². The number of nitrogens with zero attached hydrogens (tertiary/aromatic N) is 2. The molecule has 0 unspecified atom stereocenters. The van der Waals surface area contributed by atoms with Gasteiger partial charge in [-0.15, -0.1) is 10.2 Å². The van der Waals surface area contributed by atoms with Crippen molar-refractivity contribution in [1.29, 1.82) is 0 Å². The van der Waals surface area contributed by atoms with E-state index in [1.165, 1.54) is 16.9 Å². The van der Waals surface area contributed by atoms with Crippen molar-refractivity contribution in [1.82, 2.24) is 10.2 Å². The monoisotopic (exact) mass is 357 g/mol. The number of halogens is 1. The number of carbonyl (C=O) groups excluding carboxylic acids is 1. The summed E-state index contributed by atoms with van der Waals surface area (Å²) in [6.07, 6.45) is 2.14. The van der Waals surface area contributed by atoms with Crippen LogP contribution in [0.1, 0.15) is 18.4 Å². The highest BCUT2D eigenvalue weighted by atomic mass is 35.5. The lowest BCUT2D eigenvalue weighted by atomic mass is 10.1. The zero-order chi connectivity index (χ0) is 16.8. The van der Waals surface area contributed by atoms with Crippen molar-refractivity contribution in [2.75, 3.05) is 5.32 Å². The molecule has 0 fully saturated rings. The molecule has 24 heavy (non-hydrogen) atoms. The van der Waals surface area contributed by atoms with E-state index in [-0.39, 0.29) is 5.91 Å². The quantitative estimate of drug-likeness (QED) is 0.688. The molecule has 0 aliphatic rings. The van der Waals surface area contributed by atoms with Crippen molar-refractivity contribution in [3.05, 3.63) is 65.2 Å². The van der Waals surface area contributed by atoms with Crippen LogP contribution in [0.2, 0.25) is 5.02 Å². The van der Waals surface area contributed by atoms with Gasteiger partial charge in [-0.05, 0) is 24.5 Å². The number of hydrogen-bond donors (Lipinski definition) is 1. The molecule has 0 atom stereocenters. The van der Waals surface area contributed by atoms with Gasteiger partial charge in [0, 0.05) is 12.0 Å².